The van der Waals surface area contributed by atoms with Crippen molar-refractivity contribution < 1.29 is 9.53 Å². The molecule has 0 bridgehead atoms. The highest BCUT2D eigenvalue weighted by Gasteiger charge is 2.11. The van der Waals surface area contributed by atoms with Gasteiger partial charge in [0, 0.05) is 5.56 Å². The number of nitrogens with zero attached hydrogens (tertiary/aromatic N) is 4. The molecule has 0 saturated heterocycles. The van der Waals surface area contributed by atoms with Crippen molar-refractivity contribution in [3.8, 4) is 17.0 Å². The molecule has 1 amide bonds. The van der Waals surface area contributed by atoms with Crippen molar-refractivity contribution in [1.29, 1.82) is 0 Å². The molecule has 3 rings (SSSR count). The highest BCUT2D eigenvalue weighted by molar-refractivity contribution is 5.93. The van der Waals surface area contributed by atoms with E-state index in [-0.39, 0.29) is 12.5 Å². The number of carbonyl (C=O) groups excluding carboxylic acids is 1. The van der Waals surface area contributed by atoms with Crippen molar-refractivity contribution in [3.63, 3.8) is 0 Å². The zero-order valence-electron chi connectivity index (χ0n) is 11.7. The van der Waals surface area contributed by atoms with E-state index in [2.05, 4.69) is 36.1 Å². The summed E-state index contributed by atoms with van der Waals surface area (Å²) in [5.74, 6) is 0.873. The van der Waals surface area contributed by atoms with E-state index >= 15 is 0 Å². The van der Waals surface area contributed by atoms with Crippen LogP contribution in [-0.4, -0.2) is 43.8 Å². The van der Waals surface area contributed by atoms with Crippen molar-refractivity contribution in [2.24, 2.45) is 0 Å². The van der Waals surface area contributed by atoms with Crippen LogP contribution in [0.2, 0.25) is 0 Å². The molecule has 2 aromatic heterocycles. The van der Waals surface area contributed by atoms with Crippen molar-refractivity contribution in [2.75, 3.05) is 7.11 Å². The largest absolute Gasteiger partial charge is 0.497 e. The predicted molar refractivity (Wildman–Crippen MR) is 75.9 cm³/mol. The molecule has 3 N–H and O–H groups in total. The second-order valence-corrected chi connectivity index (χ2v) is 4.41. The third-order valence-corrected chi connectivity index (χ3v) is 3.00. The fourth-order valence-electron chi connectivity index (χ4n) is 1.86. The normalized spacial score (nSPS) is 10.4. The predicted octanol–water partition coefficient (Wildman–Crippen LogP) is 0.528. The maximum atomic E-state index is 12.0. The molecule has 0 aliphatic heterocycles. The SMILES string of the molecule is COc1ccc(-c2cc(C(=O)NCc3nn[nH]n3)[nH]n2)cc1. The van der Waals surface area contributed by atoms with Gasteiger partial charge in [0.25, 0.3) is 5.91 Å². The lowest BCUT2D eigenvalue weighted by molar-refractivity contribution is 0.0945. The molecule has 2 heterocycles. The average molecular weight is 299 g/mol. The molecule has 9 nitrogen and oxygen atoms in total. The van der Waals surface area contributed by atoms with E-state index in [0.29, 0.717) is 17.2 Å². The Balaban J connectivity index is 1.68. The van der Waals surface area contributed by atoms with Gasteiger partial charge in [0.2, 0.25) is 0 Å². The molecule has 0 spiro atoms. The van der Waals surface area contributed by atoms with Gasteiger partial charge in [-0.15, -0.1) is 10.2 Å². The Morgan fingerprint density at radius 2 is 2.09 bits per heavy atom. The fraction of sp³-hybridized carbons (Fsp3) is 0.154. The summed E-state index contributed by atoms with van der Waals surface area (Å²) < 4.78 is 5.10. The highest BCUT2D eigenvalue weighted by atomic mass is 16.5. The Kier molecular flexibility index (Phi) is 3.77. The number of hydrogen-bond acceptors (Lipinski definition) is 6. The zero-order valence-corrected chi connectivity index (χ0v) is 11.7. The van der Waals surface area contributed by atoms with Crippen LogP contribution in [0.4, 0.5) is 0 Å². The van der Waals surface area contributed by atoms with Gasteiger partial charge >= 0.3 is 0 Å². The molecule has 0 aliphatic carbocycles. The van der Waals surface area contributed by atoms with Crippen LogP contribution in [0.15, 0.2) is 30.3 Å². The summed E-state index contributed by atoms with van der Waals surface area (Å²) in [5, 5.41) is 22.7. The van der Waals surface area contributed by atoms with E-state index in [1.165, 1.54) is 0 Å². The minimum absolute atomic E-state index is 0.187. The number of rotatable bonds is 5. The molecule has 1 aromatic carbocycles. The molecule has 22 heavy (non-hydrogen) atoms. The number of benzene rings is 1. The summed E-state index contributed by atoms with van der Waals surface area (Å²) in [6.07, 6.45) is 0. The number of aromatic amines is 2. The van der Waals surface area contributed by atoms with Gasteiger partial charge < -0.3 is 10.1 Å². The monoisotopic (exact) mass is 299 g/mol. The number of H-pyrrole nitrogens is 2. The first kappa shape index (κ1) is 13.7. The minimum atomic E-state index is -0.294. The maximum Gasteiger partial charge on any atom is 0.269 e. The van der Waals surface area contributed by atoms with Crippen molar-refractivity contribution in [3.05, 3.63) is 41.9 Å². The highest BCUT2D eigenvalue weighted by Crippen LogP contribution is 2.21. The van der Waals surface area contributed by atoms with Crippen LogP contribution in [-0.2, 0) is 6.54 Å². The third kappa shape index (κ3) is 2.92. The van der Waals surface area contributed by atoms with Gasteiger partial charge in [0.1, 0.15) is 11.4 Å². The van der Waals surface area contributed by atoms with Crippen LogP contribution in [0.1, 0.15) is 16.3 Å². The van der Waals surface area contributed by atoms with Gasteiger partial charge in [-0.2, -0.15) is 10.3 Å². The first-order valence-corrected chi connectivity index (χ1v) is 6.46. The quantitative estimate of drug-likeness (QED) is 0.631. The molecule has 0 atom stereocenters. The summed E-state index contributed by atoms with van der Waals surface area (Å²) in [4.78, 5) is 12.0. The molecular weight excluding hydrogens is 286 g/mol. The number of aromatic nitrogens is 6. The molecule has 0 unspecified atom stereocenters. The number of methoxy groups -OCH3 is 1. The number of ether oxygens (including phenoxy) is 1. The topological polar surface area (TPSA) is 121 Å². The van der Waals surface area contributed by atoms with Crippen LogP contribution in [0.25, 0.3) is 11.3 Å². The van der Waals surface area contributed by atoms with Gasteiger partial charge in [-0.25, -0.2) is 0 Å². The lowest BCUT2D eigenvalue weighted by Crippen LogP contribution is -2.23. The number of carbonyl (C=O) groups is 1. The summed E-state index contributed by atoms with van der Waals surface area (Å²) >= 11 is 0. The van der Waals surface area contributed by atoms with E-state index < -0.39 is 0 Å². The van der Waals surface area contributed by atoms with Crippen molar-refractivity contribution >= 4 is 5.91 Å². The van der Waals surface area contributed by atoms with Gasteiger partial charge in [-0.1, -0.05) is 5.21 Å². The van der Waals surface area contributed by atoms with Crippen molar-refractivity contribution in [2.45, 2.75) is 6.54 Å². The van der Waals surface area contributed by atoms with Crippen LogP contribution < -0.4 is 10.1 Å². The first-order valence-electron chi connectivity index (χ1n) is 6.46. The molecular formula is C13H13N7O2. The second-order valence-electron chi connectivity index (χ2n) is 4.41. The van der Waals surface area contributed by atoms with E-state index in [4.69, 9.17) is 4.74 Å². The van der Waals surface area contributed by atoms with E-state index in [9.17, 15) is 4.79 Å². The molecule has 9 heteroatoms. The van der Waals surface area contributed by atoms with Crippen LogP contribution in [0.5, 0.6) is 5.75 Å². The lowest BCUT2D eigenvalue weighted by atomic mass is 10.1. The van der Waals surface area contributed by atoms with Gasteiger partial charge in [0.15, 0.2) is 5.82 Å². The third-order valence-electron chi connectivity index (χ3n) is 3.00. The first-order chi connectivity index (χ1) is 10.8. The van der Waals surface area contributed by atoms with Crippen LogP contribution >= 0.6 is 0 Å². The van der Waals surface area contributed by atoms with Gasteiger partial charge in [-0.3, -0.25) is 9.89 Å². The summed E-state index contributed by atoms with van der Waals surface area (Å²) in [7, 11) is 1.61. The maximum absolute atomic E-state index is 12.0. The van der Waals surface area contributed by atoms with E-state index in [0.717, 1.165) is 11.3 Å². The summed E-state index contributed by atoms with van der Waals surface area (Å²) in [6.45, 7) is 0.187. The van der Waals surface area contributed by atoms with Gasteiger partial charge in [0.05, 0.1) is 19.3 Å². The Hall–Kier alpha value is -3.23. The molecule has 3 aromatic rings. The fourth-order valence-corrected chi connectivity index (χ4v) is 1.86. The Labute approximate surface area is 125 Å². The average Bonchev–Trinajstić information content (AvgIpc) is 3.24. The molecule has 0 aliphatic rings. The van der Waals surface area contributed by atoms with Crippen LogP contribution in [0, 0.1) is 0 Å². The van der Waals surface area contributed by atoms with Gasteiger partial charge in [-0.05, 0) is 30.3 Å². The standard InChI is InChI=1S/C13H13N7O2/c1-22-9-4-2-8(3-5-9)10-6-11(16-15-10)13(21)14-7-12-17-19-20-18-12/h2-6H,7H2,1H3,(H,14,21)(H,15,16)(H,17,18,19,20). The summed E-state index contributed by atoms with van der Waals surface area (Å²) in [6, 6.07) is 9.08. The number of nitrogens with one attached hydrogen (secondary N) is 3. The molecule has 112 valence electrons. The smallest absolute Gasteiger partial charge is 0.269 e. The molecule has 0 fully saturated rings. The summed E-state index contributed by atoms with van der Waals surface area (Å²) in [5.41, 5.74) is 1.91. The Morgan fingerprint density at radius 3 is 2.77 bits per heavy atom. The lowest BCUT2D eigenvalue weighted by Gasteiger charge is -2.00. The van der Waals surface area contributed by atoms with Crippen molar-refractivity contribution in [1.82, 2.24) is 36.1 Å². The number of amides is 1. The Bertz CT molecular complexity index is 749. The van der Waals surface area contributed by atoms with E-state index in [1.807, 2.05) is 24.3 Å². The number of tetrazole rings is 1. The zero-order chi connectivity index (χ0) is 15.4. The molecule has 0 saturated carbocycles. The van der Waals surface area contributed by atoms with E-state index in [1.54, 1.807) is 13.2 Å². The Morgan fingerprint density at radius 1 is 1.27 bits per heavy atom. The number of hydrogen-bond donors (Lipinski definition) is 3. The second kappa shape index (κ2) is 6.04. The molecule has 0 radical (unpaired) electrons. The minimum Gasteiger partial charge on any atom is -0.497 e. The van der Waals surface area contributed by atoms with Crippen LogP contribution in [0.3, 0.4) is 0 Å².